The summed E-state index contributed by atoms with van der Waals surface area (Å²) >= 11 is -2.69. The summed E-state index contributed by atoms with van der Waals surface area (Å²) in [4.78, 5) is 6.42. The minimum Gasteiger partial charge on any atom is 0 e. The molecule has 1 saturated heterocycles. The van der Waals surface area contributed by atoms with Crippen molar-refractivity contribution < 1.29 is 38.9 Å². The van der Waals surface area contributed by atoms with Gasteiger partial charge in [-0.1, -0.05) is 7.43 Å². The summed E-state index contributed by atoms with van der Waals surface area (Å²) in [5.74, 6) is 0. The van der Waals surface area contributed by atoms with E-state index in [2.05, 4.69) is 14.9 Å². The molecule has 0 aromatic rings. The summed E-state index contributed by atoms with van der Waals surface area (Å²) in [6.07, 6.45) is 0. The largest absolute Gasteiger partial charge is 0 e. The fourth-order valence-electron chi connectivity index (χ4n) is 0.734. The first kappa shape index (κ1) is 14.3. The summed E-state index contributed by atoms with van der Waals surface area (Å²) in [7, 11) is 0. The van der Waals surface area contributed by atoms with E-state index >= 15 is 0 Å². The van der Waals surface area contributed by atoms with E-state index in [-0.39, 0.29) is 40.1 Å². The van der Waals surface area contributed by atoms with E-state index in [1.54, 1.807) is 0 Å². The molecule has 0 amide bonds. The summed E-state index contributed by atoms with van der Waals surface area (Å²) < 4.78 is 11.0. The van der Waals surface area contributed by atoms with Crippen molar-refractivity contribution in [2.24, 2.45) is 0 Å². The molecule has 0 aromatic heterocycles. The number of hydrogen-bond donors (Lipinski definition) is 0. The summed E-state index contributed by atoms with van der Waals surface area (Å²) in [5, 5.41) is 0. The zero-order valence-electron chi connectivity index (χ0n) is 6.26. The predicted octanol–water partition coefficient (Wildman–Crippen LogP) is 1.68. The van der Waals surface area contributed by atoms with Crippen molar-refractivity contribution in [3.63, 3.8) is 0 Å². The first-order valence-corrected chi connectivity index (χ1v) is 12.5. The normalized spacial score (nSPS) is 30.5. The first-order valence-electron chi connectivity index (χ1n) is 2.78. The van der Waals surface area contributed by atoms with Gasteiger partial charge in [-0.15, -0.1) is 0 Å². The summed E-state index contributed by atoms with van der Waals surface area (Å²) in [5.41, 5.74) is 0. The molecule has 1 rings (SSSR count). The maximum Gasteiger partial charge on any atom is 0 e. The first-order chi connectivity index (χ1) is 3.47. The van der Waals surface area contributed by atoms with Crippen LogP contribution in [-0.4, -0.2) is 30.8 Å². The fourth-order valence-corrected chi connectivity index (χ4v) is 4.92. The van der Waals surface area contributed by atoms with Crippen LogP contribution in [0.25, 0.3) is 0 Å². The SMILES string of the molecule is C.C[TeH]1(C)(C)OCCO1.[Y]. The van der Waals surface area contributed by atoms with Crippen molar-refractivity contribution in [3.05, 3.63) is 0 Å². The minimum absolute atomic E-state index is 0. The van der Waals surface area contributed by atoms with Crippen molar-refractivity contribution in [3.8, 4) is 0 Å². The molecule has 0 bridgehead atoms. The minimum atomic E-state index is -2.69. The van der Waals surface area contributed by atoms with E-state index < -0.39 is 17.6 Å². The molecular formula is C6H18O2TeY. The molecule has 1 heterocycles. The van der Waals surface area contributed by atoms with Crippen LogP contribution in [0.4, 0.5) is 0 Å². The fraction of sp³-hybridized carbons (Fsp3) is 1.00. The van der Waals surface area contributed by atoms with Crippen LogP contribution in [0.15, 0.2) is 0 Å². The molecule has 1 aliphatic rings. The van der Waals surface area contributed by atoms with Crippen LogP contribution < -0.4 is 0 Å². The van der Waals surface area contributed by atoms with Crippen LogP contribution in [0, 0.1) is 0 Å². The standard InChI is InChI=1S/C5H14O2Te.CH4.Y/c1-8(2,3)6-4-5-7-8;;/h8H,4-5H2,1-3H3;1H4;. The second kappa shape index (κ2) is 4.16. The van der Waals surface area contributed by atoms with Gasteiger partial charge in [0.05, 0.1) is 0 Å². The second-order valence-corrected chi connectivity index (χ2v) is 19.0. The van der Waals surface area contributed by atoms with E-state index in [0.29, 0.717) is 0 Å². The Hall–Kier alpha value is 1.81. The van der Waals surface area contributed by atoms with Crippen LogP contribution in [0.5, 0.6) is 0 Å². The zero-order chi connectivity index (χ0) is 6.28. The van der Waals surface area contributed by atoms with Crippen LogP contribution in [0.3, 0.4) is 0 Å². The molecule has 0 N–H and O–H groups in total. The number of hydrogen-bond acceptors (Lipinski definition) is 2. The van der Waals surface area contributed by atoms with Crippen molar-refractivity contribution in [1.82, 2.24) is 0 Å². The molecule has 0 unspecified atom stereocenters. The third kappa shape index (κ3) is 4.64. The molecule has 63 valence electrons. The Morgan fingerprint density at radius 2 is 1.30 bits per heavy atom. The number of rotatable bonds is 0. The molecule has 1 fully saturated rings. The van der Waals surface area contributed by atoms with Crippen LogP contribution in [0.1, 0.15) is 7.43 Å². The third-order valence-electron chi connectivity index (χ3n) is 1.15. The van der Waals surface area contributed by atoms with Crippen LogP contribution in [0.2, 0.25) is 14.9 Å². The molecule has 1 aliphatic heterocycles. The third-order valence-corrected chi connectivity index (χ3v) is 7.21. The monoisotopic (exact) mass is 341 g/mol. The van der Waals surface area contributed by atoms with E-state index in [4.69, 9.17) is 6.20 Å². The summed E-state index contributed by atoms with van der Waals surface area (Å²) in [6.45, 7) is 1.62. The Morgan fingerprint density at radius 3 is 1.40 bits per heavy atom. The van der Waals surface area contributed by atoms with Gasteiger partial charge in [-0.3, -0.25) is 0 Å². The Morgan fingerprint density at radius 1 is 1.00 bits per heavy atom. The molecule has 0 spiro atoms. The van der Waals surface area contributed by atoms with Gasteiger partial charge in [0.1, 0.15) is 0 Å². The van der Waals surface area contributed by atoms with E-state index in [1.165, 1.54) is 0 Å². The van der Waals surface area contributed by atoms with E-state index in [1.807, 2.05) is 0 Å². The predicted molar refractivity (Wildman–Crippen MR) is 43.4 cm³/mol. The molecule has 2 nitrogen and oxygen atoms in total. The smallest absolute Gasteiger partial charge is 0 e. The Labute approximate surface area is 91.0 Å². The van der Waals surface area contributed by atoms with Crippen molar-refractivity contribution in [2.45, 2.75) is 22.3 Å². The molecule has 1 radical (unpaired) electrons. The maximum atomic E-state index is 5.51. The van der Waals surface area contributed by atoms with Gasteiger partial charge < -0.3 is 0 Å². The zero-order valence-corrected chi connectivity index (χ0v) is 11.6. The molecular weight excluding hydrogens is 321 g/mol. The van der Waals surface area contributed by atoms with Gasteiger partial charge in [-0.2, -0.15) is 0 Å². The average Bonchev–Trinajstić information content (AvgIpc) is 1.81. The van der Waals surface area contributed by atoms with E-state index in [9.17, 15) is 0 Å². The van der Waals surface area contributed by atoms with E-state index in [0.717, 1.165) is 13.2 Å². The molecule has 10 heavy (non-hydrogen) atoms. The van der Waals surface area contributed by atoms with Crippen molar-refractivity contribution >= 4 is 17.6 Å². The molecule has 0 atom stereocenters. The van der Waals surface area contributed by atoms with Gasteiger partial charge in [0.25, 0.3) is 0 Å². The van der Waals surface area contributed by atoms with Crippen molar-refractivity contribution in [1.29, 1.82) is 0 Å². The van der Waals surface area contributed by atoms with Gasteiger partial charge in [-0.05, 0) is 0 Å². The quantitative estimate of drug-likeness (QED) is 0.626. The Kier molecular flexibility index (Phi) is 5.97. The van der Waals surface area contributed by atoms with Crippen LogP contribution >= 0.6 is 0 Å². The van der Waals surface area contributed by atoms with Gasteiger partial charge in [0, 0.05) is 32.7 Å². The average molecular weight is 339 g/mol. The topological polar surface area (TPSA) is 18.5 Å². The Bertz CT molecular complexity index is 98.1. The molecule has 0 saturated carbocycles. The van der Waals surface area contributed by atoms with Gasteiger partial charge in [-0.25, -0.2) is 0 Å². The van der Waals surface area contributed by atoms with Crippen LogP contribution in [-0.2, 0) is 38.9 Å². The van der Waals surface area contributed by atoms with Gasteiger partial charge in [0.15, 0.2) is 0 Å². The molecule has 0 aliphatic carbocycles. The molecule has 0 aromatic carbocycles. The van der Waals surface area contributed by atoms with Gasteiger partial charge in [0.2, 0.25) is 0 Å². The Balaban J connectivity index is 0. The summed E-state index contributed by atoms with van der Waals surface area (Å²) in [6, 6.07) is 0. The molecule has 4 heteroatoms. The van der Waals surface area contributed by atoms with Gasteiger partial charge >= 0.3 is 52.0 Å². The second-order valence-electron chi connectivity index (χ2n) is 3.18. The maximum absolute atomic E-state index is 5.51. The van der Waals surface area contributed by atoms with Crippen molar-refractivity contribution in [2.75, 3.05) is 13.2 Å².